The second-order valence-corrected chi connectivity index (χ2v) is 21.2. The summed E-state index contributed by atoms with van der Waals surface area (Å²) in [6.07, 6.45) is 7.25. The largest absolute Gasteiger partial charge is 0.479 e. The first-order chi connectivity index (χ1) is 34.0. The number of carboxylic acids is 2. The van der Waals surface area contributed by atoms with Gasteiger partial charge in [-0.05, 0) is 107 Å². The molecule has 4 aromatic carbocycles. The van der Waals surface area contributed by atoms with Gasteiger partial charge in [0, 0.05) is 89.9 Å². The van der Waals surface area contributed by atoms with Crippen molar-refractivity contribution in [1.82, 2.24) is 14.5 Å². The van der Waals surface area contributed by atoms with Crippen LogP contribution in [0.3, 0.4) is 0 Å². The van der Waals surface area contributed by atoms with Gasteiger partial charge in [0.2, 0.25) is 18.2 Å². The molecule has 3 fully saturated rings. The zero-order valence-electron chi connectivity index (χ0n) is 39.9. The number of aliphatic carboxylic acids is 1. The molecule has 4 amide bonds. The minimum absolute atomic E-state index is 0.0595. The number of carboxylic acid groups (broad SMARTS) is 2. The summed E-state index contributed by atoms with van der Waals surface area (Å²) in [4.78, 5) is 80.6. The Morgan fingerprint density at radius 2 is 1.70 bits per heavy atom. The minimum atomic E-state index is -1.24. The number of rotatable bonds is 16. The first kappa shape index (κ1) is 51.2. The third-order valence-electron chi connectivity index (χ3n) is 13.7. The zero-order valence-corrected chi connectivity index (χ0v) is 42.3. The molecule has 374 valence electrons. The summed E-state index contributed by atoms with van der Waals surface area (Å²) in [5.41, 5.74) is 11.7. The van der Waals surface area contributed by atoms with E-state index in [9.17, 15) is 28.8 Å². The lowest BCUT2D eigenvalue weighted by molar-refractivity contribution is -0.139. The number of anilines is 4. The van der Waals surface area contributed by atoms with Gasteiger partial charge < -0.3 is 35.4 Å². The van der Waals surface area contributed by atoms with Crippen molar-refractivity contribution < 1.29 is 43.7 Å². The van der Waals surface area contributed by atoms with E-state index >= 15 is 0 Å². The number of nitrogens with one attached hydrogen (secondary N) is 1. The number of likely N-dealkylation sites (N-methyl/N-ethyl adjacent to an activating group) is 1. The summed E-state index contributed by atoms with van der Waals surface area (Å²) in [6.45, 7) is 8.28. The van der Waals surface area contributed by atoms with E-state index in [4.69, 9.17) is 32.3 Å². The summed E-state index contributed by atoms with van der Waals surface area (Å²) >= 11 is 8.94. The SMILES string of the molecule is CN(CCN(C=O)c1cccc(CSN2CCCCC2(C)C)c1)C1CCN(c2ccc3c4c(cccc24)C(=O)N3C2CCC(=O)NC2=O)CC1.Nc1cccc(-c2sc(C(=O)O)c(OCC(=O)O)c2Cl)c1. The molecule has 1 unspecified atom stereocenters. The monoisotopic (exact) mass is 1020 g/mol. The molecule has 0 saturated carbocycles. The number of benzene rings is 4. The van der Waals surface area contributed by atoms with Crippen molar-refractivity contribution in [3.05, 3.63) is 99.9 Å². The smallest absolute Gasteiger partial charge is 0.349 e. The van der Waals surface area contributed by atoms with Gasteiger partial charge in [0.15, 0.2) is 17.2 Å². The lowest BCUT2D eigenvalue weighted by Gasteiger charge is -2.41. The van der Waals surface area contributed by atoms with Crippen molar-refractivity contribution >= 4 is 104 Å². The molecule has 19 heteroatoms. The molecule has 71 heavy (non-hydrogen) atoms. The van der Waals surface area contributed by atoms with Crippen molar-refractivity contribution in [2.45, 2.75) is 82.2 Å². The van der Waals surface area contributed by atoms with Crippen LogP contribution in [0, 0.1) is 0 Å². The number of thiophene rings is 1. The van der Waals surface area contributed by atoms with Crippen molar-refractivity contribution in [2.75, 3.05) is 66.8 Å². The normalized spacial score (nSPS) is 18.0. The van der Waals surface area contributed by atoms with E-state index in [1.807, 2.05) is 41.1 Å². The van der Waals surface area contributed by atoms with Crippen LogP contribution in [0.25, 0.3) is 21.2 Å². The Morgan fingerprint density at radius 3 is 2.41 bits per heavy atom. The number of carbonyl (C=O) groups is 6. The van der Waals surface area contributed by atoms with Crippen LogP contribution in [0.4, 0.5) is 22.7 Å². The Hall–Kier alpha value is -6.18. The molecule has 9 rings (SSSR count). The molecule has 0 spiro atoms. The number of aromatic carboxylic acids is 1. The third kappa shape index (κ3) is 11.3. The van der Waals surface area contributed by atoms with Gasteiger partial charge in [0.25, 0.3) is 5.91 Å². The molecule has 0 aliphatic carbocycles. The molecular weight excluding hydrogens is 966 g/mol. The fourth-order valence-corrected chi connectivity index (χ4v) is 12.5. The first-order valence-corrected chi connectivity index (χ1v) is 25.8. The summed E-state index contributed by atoms with van der Waals surface area (Å²) in [5.74, 6) is -2.60. The van der Waals surface area contributed by atoms with Gasteiger partial charge in [0.1, 0.15) is 11.1 Å². The topological polar surface area (TPSA) is 206 Å². The molecule has 5 aromatic rings. The highest BCUT2D eigenvalue weighted by molar-refractivity contribution is 7.96. The molecule has 0 bridgehead atoms. The highest BCUT2D eigenvalue weighted by Gasteiger charge is 2.41. The number of imide groups is 1. The zero-order chi connectivity index (χ0) is 50.6. The second kappa shape index (κ2) is 22.1. The van der Waals surface area contributed by atoms with Crippen molar-refractivity contribution in [3.63, 3.8) is 0 Å². The van der Waals surface area contributed by atoms with E-state index in [2.05, 4.69) is 70.6 Å². The van der Waals surface area contributed by atoms with Crippen LogP contribution < -0.4 is 30.5 Å². The van der Waals surface area contributed by atoms with E-state index in [-0.39, 0.29) is 39.4 Å². The fraction of sp³-hybridized carbons (Fsp3) is 0.385. The average Bonchev–Trinajstić information content (AvgIpc) is 3.84. The Balaban J connectivity index is 0.000000269. The molecule has 4 aliphatic rings. The van der Waals surface area contributed by atoms with Crippen LogP contribution in [0.1, 0.15) is 84.4 Å². The average molecular weight is 1020 g/mol. The number of nitrogen functional groups attached to an aromatic ring is 1. The molecular formula is C52H58ClN7O9S2. The number of nitrogens with zero attached hydrogens (tertiary/aromatic N) is 5. The van der Waals surface area contributed by atoms with Gasteiger partial charge in [-0.3, -0.25) is 29.4 Å². The molecule has 16 nitrogen and oxygen atoms in total. The van der Waals surface area contributed by atoms with Crippen molar-refractivity contribution in [2.24, 2.45) is 0 Å². The summed E-state index contributed by atoms with van der Waals surface area (Å²) in [7, 11) is 2.16. The van der Waals surface area contributed by atoms with Crippen LogP contribution in [0.5, 0.6) is 5.75 Å². The number of nitrogens with two attached hydrogens (primary N) is 1. The number of hydrogen-bond donors (Lipinski definition) is 4. The first-order valence-electron chi connectivity index (χ1n) is 23.7. The third-order valence-corrected chi connectivity index (χ3v) is 16.8. The number of hydrogen-bond acceptors (Lipinski definition) is 13. The van der Waals surface area contributed by atoms with Crippen LogP contribution in [0.15, 0.2) is 78.9 Å². The lowest BCUT2D eigenvalue weighted by Crippen LogP contribution is -2.53. The van der Waals surface area contributed by atoms with E-state index < -0.39 is 30.5 Å². The molecule has 1 aromatic heterocycles. The predicted molar refractivity (Wildman–Crippen MR) is 280 cm³/mol. The maximum absolute atomic E-state index is 13.6. The number of carbonyl (C=O) groups excluding carboxylic acids is 4. The summed E-state index contributed by atoms with van der Waals surface area (Å²) < 4.78 is 7.52. The fourth-order valence-electron chi connectivity index (χ4n) is 9.86. The molecule has 0 radical (unpaired) electrons. The maximum Gasteiger partial charge on any atom is 0.349 e. The van der Waals surface area contributed by atoms with Crippen LogP contribution in [-0.2, 0) is 24.9 Å². The molecule has 5 N–H and O–H groups in total. The van der Waals surface area contributed by atoms with Gasteiger partial charge in [-0.15, -0.1) is 11.3 Å². The molecule has 5 heterocycles. The minimum Gasteiger partial charge on any atom is -0.479 e. The quantitative estimate of drug-likeness (QED) is 0.0317. The highest BCUT2D eigenvalue weighted by atomic mass is 35.5. The van der Waals surface area contributed by atoms with E-state index in [1.54, 1.807) is 29.2 Å². The Bertz CT molecular complexity index is 2850. The van der Waals surface area contributed by atoms with Gasteiger partial charge >= 0.3 is 11.9 Å². The van der Waals surface area contributed by atoms with Gasteiger partial charge in [0.05, 0.1) is 10.6 Å². The molecule has 3 saturated heterocycles. The number of piperidine rings is 3. The summed E-state index contributed by atoms with van der Waals surface area (Å²) in [5, 5.41) is 22.1. The maximum atomic E-state index is 13.6. The number of ether oxygens (including phenoxy) is 1. The number of amides is 4. The van der Waals surface area contributed by atoms with Crippen molar-refractivity contribution in [1.29, 1.82) is 0 Å². The van der Waals surface area contributed by atoms with Gasteiger partial charge in [-0.2, -0.15) is 0 Å². The Labute approximate surface area is 425 Å². The van der Waals surface area contributed by atoms with Crippen molar-refractivity contribution in [3.8, 4) is 16.2 Å². The van der Waals surface area contributed by atoms with Crippen LogP contribution in [0.2, 0.25) is 5.02 Å². The lowest BCUT2D eigenvalue weighted by atomic mass is 9.93. The van der Waals surface area contributed by atoms with E-state index in [0.717, 1.165) is 90.4 Å². The molecule has 1 atom stereocenters. The summed E-state index contributed by atoms with van der Waals surface area (Å²) in [6, 6.07) is 24.7. The Kier molecular flexibility index (Phi) is 15.9. The van der Waals surface area contributed by atoms with E-state index in [0.29, 0.717) is 40.7 Å². The van der Waals surface area contributed by atoms with Gasteiger partial charge in [-0.1, -0.05) is 66.4 Å². The van der Waals surface area contributed by atoms with Crippen LogP contribution >= 0.6 is 34.9 Å². The van der Waals surface area contributed by atoms with Gasteiger partial charge in [-0.25, -0.2) is 13.9 Å². The molecule has 4 aliphatic heterocycles. The van der Waals surface area contributed by atoms with Crippen LogP contribution in [-0.4, -0.2) is 119 Å². The second-order valence-electron chi connectivity index (χ2n) is 18.8. The standard InChI is InChI=1S/C39H48N6O4S.C13H10ClNO5S/c1-39(2)18-4-5-19-44(39)50-25-27-8-6-9-29(24-27)43(26-46)23-22-41(3)28-16-20-42(21-17-28)32-12-13-33-36-30(32)10-7-11-31(36)38(49)45(33)34-14-15-35(47)40-37(34)48;14-9-10(20-5-8(16)17)12(13(18)19)21-11(9)6-2-1-3-7(15)4-6/h6-13,24,26,28,34H,4-5,14-23,25H2,1-3H3,(H,40,47,48);1-4H,5,15H2,(H,16,17)(H,18,19). The van der Waals surface area contributed by atoms with E-state index in [1.165, 1.54) is 24.8 Å². The highest BCUT2D eigenvalue weighted by Crippen LogP contribution is 2.46. The Morgan fingerprint density at radius 1 is 0.958 bits per heavy atom. The number of halogens is 1. The predicted octanol–water partition coefficient (Wildman–Crippen LogP) is 8.39.